The number of piperidine rings is 1. The Balaban J connectivity index is 1.01. The fraction of sp³-hybridized carbons (Fsp3) is 0.333. The van der Waals surface area contributed by atoms with Crippen molar-refractivity contribution < 1.29 is 32.2 Å². The number of pyridine rings is 1. The van der Waals surface area contributed by atoms with Crippen LogP contribution >= 0.6 is 0 Å². The number of carbonyl (C=O) groups excluding carboxylic acids is 1. The van der Waals surface area contributed by atoms with Crippen molar-refractivity contribution in [1.82, 2.24) is 20.1 Å². The number of likely N-dealkylation sites (tertiary alicyclic amines) is 1. The number of halogens is 2. The Morgan fingerprint density at radius 3 is 2.50 bits per heavy atom. The molecule has 2 aromatic heterocycles. The number of carbonyl (C=O) groups is 1. The minimum absolute atomic E-state index is 0.0283. The number of aromatic nitrogens is 3. The minimum atomic E-state index is -1.01. The Morgan fingerprint density at radius 1 is 0.938 bits per heavy atom. The third kappa shape index (κ3) is 6.66. The van der Waals surface area contributed by atoms with Crippen LogP contribution in [0.4, 0.5) is 14.5 Å². The summed E-state index contributed by atoms with van der Waals surface area (Å²) in [5, 5.41) is 11.5. The van der Waals surface area contributed by atoms with Gasteiger partial charge in [-0.2, -0.15) is 0 Å². The lowest BCUT2D eigenvalue weighted by molar-refractivity contribution is -0.119. The van der Waals surface area contributed by atoms with Gasteiger partial charge in [-0.15, -0.1) is 10.2 Å². The number of nitrogens with zero attached hydrogens (tertiary/aromatic N) is 4. The number of fused-ring (bicyclic) bond motifs is 1. The highest BCUT2D eigenvalue weighted by Gasteiger charge is 2.56. The molecule has 0 radical (unpaired) electrons. The van der Waals surface area contributed by atoms with Crippen molar-refractivity contribution in [3.8, 4) is 34.5 Å². The molecule has 7 rings (SSSR count). The molecule has 12 heteroatoms. The molecule has 1 saturated heterocycles. The van der Waals surface area contributed by atoms with Gasteiger partial charge in [0.25, 0.3) is 0 Å². The molecule has 0 spiro atoms. The first-order valence-electron chi connectivity index (χ1n) is 16.1. The highest BCUT2D eigenvalue weighted by atomic mass is 19.1. The number of anilines is 1. The number of nitrogens with one attached hydrogen (secondary N) is 1. The second-order valence-corrected chi connectivity index (χ2v) is 12.1. The van der Waals surface area contributed by atoms with Crippen molar-refractivity contribution in [2.75, 3.05) is 38.7 Å². The van der Waals surface area contributed by atoms with Crippen molar-refractivity contribution in [2.24, 2.45) is 0 Å². The zero-order valence-electron chi connectivity index (χ0n) is 26.5. The zero-order chi connectivity index (χ0) is 33.1. The summed E-state index contributed by atoms with van der Waals surface area (Å²) in [6.45, 7) is 3.84. The predicted molar refractivity (Wildman–Crippen MR) is 174 cm³/mol. The number of amides is 1. The summed E-state index contributed by atoms with van der Waals surface area (Å²) >= 11 is 0. The molecule has 0 unspecified atom stereocenters. The topological polar surface area (TPSA) is 112 Å². The average Bonchev–Trinajstić information content (AvgIpc) is 3.77. The lowest BCUT2D eigenvalue weighted by Gasteiger charge is -2.26. The molecule has 1 aliphatic carbocycles. The van der Waals surface area contributed by atoms with E-state index in [0.29, 0.717) is 53.2 Å². The molecule has 1 saturated carbocycles. The summed E-state index contributed by atoms with van der Waals surface area (Å²) in [6, 6.07) is 15.1. The average molecular weight is 656 g/mol. The van der Waals surface area contributed by atoms with Crippen LogP contribution in [0.5, 0.6) is 23.0 Å². The van der Waals surface area contributed by atoms with Crippen LogP contribution in [-0.4, -0.2) is 59.3 Å². The Kier molecular flexibility index (Phi) is 8.90. The van der Waals surface area contributed by atoms with Gasteiger partial charge in [-0.1, -0.05) is 6.42 Å². The number of benzene rings is 3. The monoisotopic (exact) mass is 655 g/mol. The molecule has 1 N–H and O–H groups in total. The van der Waals surface area contributed by atoms with E-state index in [-0.39, 0.29) is 34.9 Å². The van der Waals surface area contributed by atoms with E-state index < -0.39 is 11.2 Å². The third-order valence-corrected chi connectivity index (χ3v) is 8.83. The van der Waals surface area contributed by atoms with Crippen molar-refractivity contribution >= 4 is 22.5 Å². The van der Waals surface area contributed by atoms with Crippen LogP contribution in [-0.2, 0) is 10.2 Å². The van der Waals surface area contributed by atoms with Crippen LogP contribution in [0.1, 0.15) is 44.4 Å². The number of hydrogen-bond acceptors (Lipinski definition) is 9. The maximum absolute atomic E-state index is 15.4. The van der Waals surface area contributed by atoms with Gasteiger partial charge in [0.15, 0.2) is 23.1 Å². The summed E-state index contributed by atoms with van der Waals surface area (Å²) in [5.41, 5.74) is 0.387. The van der Waals surface area contributed by atoms with Gasteiger partial charge in [-0.25, -0.2) is 8.78 Å². The second kappa shape index (κ2) is 13.6. The fourth-order valence-electron chi connectivity index (χ4n) is 5.96. The van der Waals surface area contributed by atoms with Gasteiger partial charge in [-0.05, 0) is 93.7 Å². The molecule has 1 amide bonds. The number of ether oxygens (including phenoxy) is 3. The van der Waals surface area contributed by atoms with Gasteiger partial charge in [0, 0.05) is 41.5 Å². The van der Waals surface area contributed by atoms with Crippen molar-refractivity contribution in [3.05, 3.63) is 84.4 Å². The number of rotatable bonds is 12. The molecule has 3 heterocycles. The van der Waals surface area contributed by atoms with E-state index in [0.717, 1.165) is 26.1 Å². The quantitative estimate of drug-likeness (QED) is 0.139. The summed E-state index contributed by atoms with van der Waals surface area (Å²) in [5.74, 6) is 0.368. The van der Waals surface area contributed by atoms with Crippen LogP contribution in [0, 0.1) is 11.6 Å². The molecule has 5 aromatic rings. The molecular weight excluding hydrogens is 620 g/mol. The van der Waals surface area contributed by atoms with Crippen molar-refractivity contribution in [1.29, 1.82) is 0 Å². The summed E-state index contributed by atoms with van der Waals surface area (Å²) < 4.78 is 52.1. The van der Waals surface area contributed by atoms with E-state index in [1.807, 2.05) is 0 Å². The van der Waals surface area contributed by atoms with E-state index >= 15 is 4.39 Å². The zero-order valence-corrected chi connectivity index (χ0v) is 26.5. The van der Waals surface area contributed by atoms with Crippen LogP contribution in [0.2, 0.25) is 0 Å². The van der Waals surface area contributed by atoms with Gasteiger partial charge in [0.05, 0.1) is 19.2 Å². The lowest BCUT2D eigenvalue weighted by Crippen LogP contribution is -2.31. The molecule has 248 valence electrons. The first-order chi connectivity index (χ1) is 23.4. The second-order valence-electron chi connectivity index (χ2n) is 12.1. The Labute approximate surface area is 276 Å². The third-order valence-electron chi connectivity index (χ3n) is 8.83. The lowest BCUT2D eigenvalue weighted by atomic mass is 10.1. The largest absolute Gasteiger partial charge is 0.493 e. The Morgan fingerprint density at radius 2 is 1.75 bits per heavy atom. The van der Waals surface area contributed by atoms with Gasteiger partial charge in [0.1, 0.15) is 17.0 Å². The fourth-order valence-corrected chi connectivity index (χ4v) is 5.96. The SMILES string of the molecule is COc1cc2c(Oc3ccc(NC(=O)C4(c5nnc(-c6ccc(F)cc6)o5)CC4)cc3F)ccnc2cc1OCCCN1CCCCC1. The van der Waals surface area contributed by atoms with Gasteiger partial charge in [-0.3, -0.25) is 9.78 Å². The number of methoxy groups -OCH3 is 1. The molecule has 10 nitrogen and oxygen atoms in total. The molecule has 0 bridgehead atoms. The normalized spacial score (nSPS) is 15.6. The van der Waals surface area contributed by atoms with E-state index in [2.05, 4.69) is 25.4 Å². The summed E-state index contributed by atoms with van der Waals surface area (Å²) in [4.78, 5) is 20.2. The highest BCUT2D eigenvalue weighted by molar-refractivity contribution is 6.00. The van der Waals surface area contributed by atoms with Gasteiger partial charge < -0.3 is 28.8 Å². The molecule has 0 atom stereocenters. The van der Waals surface area contributed by atoms with Crippen LogP contribution in [0.15, 0.2) is 71.3 Å². The standard InChI is InChI=1S/C36H35F2N5O5/c1-45-31-21-26-28(22-32(31)46-19-5-18-43-16-3-2-4-17-43)39-15-12-29(26)47-30-11-10-25(20-27(30)38)40-34(44)36(13-14-36)35-42-41-33(48-35)23-6-8-24(37)9-7-23/h6-12,15,20-22H,2-5,13-14,16-19H2,1H3,(H,40,44). The first kappa shape index (κ1) is 31.5. The molecule has 48 heavy (non-hydrogen) atoms. The highest BCUT2D eigenvalue weighted by Crippen LogP contribution is 2.49. The molecule has 3 aromatic carbocycles. The molecule has 2 fully saturated rings. The maximum Gasteiger partial charge on any atom is 0.247 e. The maximum atomic E-state index is 15.4. The first-order valence-corrected chi connectivity index (χ1v) is 16.1. The van der Waals surface area contributed by atoms with Crippen LogP contribution in [0.3, 0.4) is 0 Å². The number of hydrogen-bond donors (Lipinski definition) is 1. The molecule has 1 aliphatic heterocycles. The van der Waals surface area contributed by atoms with Crippen LogP contribution < -0.4 is 19.5 Å². The predicted octanol–water partition coefficient (Wildman–Crippen LogP) is 7.29. The van der Waals surface area contributed by atoms with Crippen LogP contribution in [0.25, 0.3) is 22.4 Å². The molecule has 2 aliphatic rings. The molecular formula is C36H35F2N5O5. The van der Waals surface area contributed by atoms with E-state index in [4.69, 9.17) is 18.6 Å². The van der Waals surface area contributed by atoms with E-state index in [1.54, 1.807) is 37.6 Å². The van der Waals surface area contributed by atoms with E-state index in [9.17, 15) is 9.18 Å². The van der Waals surface area contributed by atoms with E-state index in [1.165, 1.54) is 55.7 Å². The van der Waals surface area contributed by atoms with Crippen molar-refractivity contribution in [3.63, 3.8) is 0 Å². The minimum Gasteiger partial charge on any atom is -0.493 e. The summed E-state index contributed by atoms with van der Waals surface area (Å²) in [6.07, 6.45) is 7.31. The van der Waals surface area contributed by atoms with Gasteiger partial charge in [0.2, 0.25) is 17.7 Å². The van der Waals surface area contributed by atoms with Gasteiger partial charge >= 0.3 is 0 Å². The Hall–Kier alpha value is -5.10. The summed E-state index contributed by atoms with van der Waals surface area (Å²) in [7, 11) is 1.57. The van der Waals surface area contributed by atoms with Crippen molar-refractivity contribution in [2.45, 2.75) is 43.9 Å². The smallest absolute Gasteiger partial charge is 0.247 e. The Bertz CT molecular complexity index is 1920.